The Labute approximate surface area is 97.3 Å². The predicted octanol–water partition coefficient (Wildman–Crippen LogP) is 1.93. The Morgan fingerprint density at radius 2 is 2.24 bits per heavy atom. The summed E-state index contributed by atoms with van der Waals surface area (Å²) in [5.74, 6) is -0.829. The molecule has 0 N–H and O–H groups in total. The molecule has 0 aromatic heterocycles. The van der Waals surface area contributed by atoms with Crippen LogP contribution in [0.5, 0.6) is 5.75 Å². The molecule has 17 heavy (non-hydrogen) atoms. The topological polar surface area (TPSA) is 86.5 Å². The number of carbonyl (C=O) groups excluding carboxylic acids is 2. The number of rotatable bonds is 5. The first-order valence-corrected chi connectivity index (χ1v) is 4.87. The lowest BCUT2D eigenvalue weighted by molar-refractivity contribution is -0.385. The maximum atomic E-state index is 11.2. The fraction of sp³-hybridized carbons (Fsp3) is 0.182. The van der Waals surface area contributed by atoms with E-state index >= 15 is 0 Å². The number of aldehydes is 1. The van der Waals surface area contributed by atoms with Crippen LogP contribution in [0, 0.1) is 16.5 Å². The average Bonchev–Trinajstić information content (AvgIpc) is 2.29. The summed E-state index contributed by atoms with van der Waals surface area (Å²) >= 11 is 0. The fourth-order valence-corrected chi connectivity index (χ4v) is 1.15. The monoisotopic (exact) mass is 236 g/mol. The molecule has 1 aromatic rings. The summed E-state index contributed by atoms with van der Waals surface area (Å²) < 4.78 is 4.79. The van der Waals surface area contributed by atoms with Crippen molar-refractivity contribution in [3.05, 3.63) is 40.3 Å². The third kappa shape index (κ3) is 3.37. The quantitative estimate of drug-likeness (QED) is 0.256. The van der Waals surface area contributed by atoms with E-state index in [1.54, 1.807) is 6.92 Å². The van der Waals surface area contributed by atoms with Crippen LogP contribution in [-0.4, -0.2) is 17.2 Å². The number of ether oxygens (including phenoxy) is 1. The van der Waals surface area contributed by atoms with Gasteiger partial charge in [0.2, 0.25) is 5.75 Å². The van der Waals surface area contributed by atoms with Gasteiger partial charge in [-0.2, -0.15) is 0 Å². The molecular formula is C11H10NO5. The maximum Gasteiger partial charge on any atom is 0.315 e. The zero-order valence-corrected chi connectivity index (χ0v) is 9.08. The molecule has 1 aromatic carbocycles. The molecule has 0 unspecified atom stereocenters. The number of hydrogen-bond acceptors (Lipinski definition) is 5. The normalized spacial score (nSPS) is 9.71. The van der Waals surface area contributed by atoms with Gasteiger partial charge in [-0.05, 0) is 18.6 Å². The molecule has 0 atom stereocenters. The smallest absolute Gasteiger partial charge is 0.315 e. The van der Waals surface area contributed by atoms with Gasteiger partial charge in [0.1, 0.15) is 6.29 Å². The summed E-state index contributed by atoms with van der Waals surface area (Å²) in [5, 5.41) is 10.7. The molecule has 89 valence electrons. The summed E-state index contributed by atoms with van der Waals surface area (Å²) in [6.45, 7) is 1.74. The summed E-state index contributed by atoms with van der Waals surface area (Å²) in [6, 6.07) is 3.62. The highest BCUT2D eigenvalue weighted by Gasteiger charge is 2.18. The minimum Gasteiger partial charge on any atom is -0.419 e. The van der Waals surface area contributed by atoms with E-state index in [2.05, 4.69) is 0 Å². The Morgan fingerprint density at radius 3 is 2.76 bits per heavy atom. The van der Waals surface area contributed by atoms with Crippen molar-refractivity contribution in [2.75, 3.05) is 0 Å². The Balaban J connectivity index is 3.02. The lowest BCUT2D eigenvalue weighted by atomic mass is 10.2. The first-order valence-electron chi connectivity index (χ1n) is 4.87. The van der Waals surface area contributed by atoms with Crippen LogP contribution in [0.3, 0.4) is 0 Å². The highest BCUT2D eigenvalue weighted by molar-refractivity contribution is 5.83. The van der Waals surface area contributed by atoms with Gasteiger partial charge in [-0.15, -0.1) is 0 Å². The molecule has 0 amide bonds. The van der Waals surface area contributed by atoms with Crippen LogP contribution in [0.25, 0.3) is 0 Å². The van der Waals surface area contributed by atoms with Crippen molar-refractivity contribution in [1.82, 2.24) is 0 Å². The second-order valence-electron chi connectivity index (χ2n) is 3.14. The van der Waals surface area contributed by atoms with Crippen molar-refractivity contribution >= 4 is 17.9 Å². The van der Waals surface area contributed by atoms with Crippen molar-refractivity contribution in [3.8, 4) is 5.75 Å². The molecule has 0 aliphatic carbocycles. The van der Waals surface area contributed by atoms with E-state index < -0.39 is 16.6 Å². The van der Waals surface area contributed by atoms with Crippen LogP contribution in [0.1, 0.15) is 23.7 Å². The SMILES string of the molecule is CC[CH]C(=O)Oc1ccc(C=O)cc1[N+](=O)[O-]. The van der Waals surface area contributed by atoms with Gasteiger partial charge < -0.3 is 4.74 Å². The fourth-order valence-electron chi connectivity index (χ4n) is 1.15. The summed E-state index contributed by atoms with van der Waals surface area (Å²) in [5.41, 5.74) is -0.261. The van der Waals surface area contributed by atoms with Crippen LogP contribution >= 0.6 is 0 Å². The van der Waals surface area contributed by atoms with Crippen LogP contribution in [0.2, 0.25) is 0 Å². The zero-order valence-electron chi connectivity index (χ0n) is 9.08. The molecule has 0 aliphatic heterocycles. The molecule has 1 radical (unpaired) electrons. The van der Waals surface area contributed by atoms with Gasteiger partial charge >= 0.3 is 11.7 Å². The van der Waals surface area contributed by atoms with Crippen LogP contribution in [-0.2, 0) is 4.79 Å². The van der Waals surface area contributed by atoms with Gasteiger partial charge in [0.25, 0.3) is 0 Å². The molecular weight excluding hydrogens is 226 g/mol. The van der Waals surface area contributed by atoms with Gasteiger partial charge in [-0.25, -0.2) is 0 Å². The van der Waals surface area contributed by atoms with E-state index in [1.807, 2.05) is 0 Å². The third-order valence-corrected chi connectivity index (χ3v) is 1.90. The van der Waals surface area contributed by atoms with E-state index in [1.165, 1.54) is 18.6 Å². The van der Waals surface area contributed by atoms with Gasteiger partial charge in [-0.3, -0.25) is 19.7 Å². The van der Waals surface area contributed by atoms with E-state index in [9.17, 15) is 19.7 Å². The summed E-state index contributed by atoms with van der Waals surface area (Å²) in [4.78, 5) is 31.7. The maximum absolute atomic E-state index is 11.2. The van der Waals surface area contributed by atoms with Crippen molar-refractivity contribution in [2.45, 2.75) is 13.3 Å². The van der Waals surface area contributed by atoms with Gasteiger partial charge in [0.05, 0.1) is 11.3 Å². The standard InChI is InChI=1S/C11H10NO5/c1-2-3-11(14)17-10-5-4-8(7-13)6-9(10)12(15)16/h3-7H,2H2,1H3. The number of nitrogens with zero attached hydrogens (tertiary/aromatic N) is 1. The summed E-state index contributed by atoms with van der Waals surface area (Å²) in [6.07, 6.45) is 2.22. The number of nitro benzene ring substituents is 1. The molecule has 0 fully saturated rings. The molecule has 0 aliphatic rings. The second kappa shape index (κ2) is 5.74. The largest absolute Gasteiger partial charge is 0.419 e. The number of hydrogen-bond donors (Lipinski definition) is 0. The molecule has 1 rings (SSSR count). The van der Waals surface area contributed by atoms with Crippen molar-refractivity contribution in [1.29, 1.82) is 0 Å². The minimum absolute atomic E-state index is 0.149. The van der Waals surface area contributed by atoms with Gasteiger partial charge in [0.15, 0.2) is 0 Å². The average molecular weight is 236 g/mol. The van der Waals surface area contributed by atoms with E-state index in [0.29, 0.717) is 12.7 Å². The molecule has 0 saturated heterocycles. The first-order chi connectivity index (χ1) is 8.08. The molecule has 0 bridgehead atoms. The molecule has 6 heteroatoms. The molecule has 0 heterocycles. The highest BCUT2D eigenvalue weighted by atomic mass is 16.6. The van der Waals surface area contributed by atoms with Gasteiger partial charge in [0, 0.05) is 11.6 Å². The Kier molecular flexibility index (Phi) is 4.33. The number of carbonyl (C=O) groups is 2. The number of benzene rings is 1. The van der Waals surface area contributed by atoms with E-state index in [4.69, 9.17) is 4.74 Å². The Morgan fingerprint density at radius 1 is 1.53 bits per heavy atom. The number of esters is 1. The van der Waals surface area contributed by atoms with Crippen molar-refractivity contribution in [3.63, 3.8) is 0 Å². The third-order valence-electron chi connectivity index (χ3n) is 1.90. The molecule has 0 saturated carbocycles. The van der Waals surface area contributed by atoms with Crippen LogP contribution < -0.4 is 4.74 Å². The van der Waals surface area contributed by atoms with Crippen LogP contribution in [0.15, 0.2) is 18.2 Å². The van der Waals surface area contributed by atoms with Crippen LogP contribution in [0.4, 0.5) is 5.69 Å². The summed E-state index contributed by atoms with van der Waals surface area (Å²) in [7, 11) is 0. The number of nitro groups is 1. The van der Waals surface area contributed by atoms with Crippen molar-refractivity contribution < 1.29 is 19.2 Å². The lowest BCUT2D eigenvalue weighted by Gasteiger charge is -2.04. The predicted molar refractivity (Wildman–Crippen MR) is 58.7 cm³/mol. The molecule has 0 spiro atoms. The first kappa shape index (κ1) is 12.8. The zero-order chi connectivity index (χ0) is 12.8. The Hall–Kier alpha value is -2.24. The van der Waals surface area contributed by atoms with Gasteiger partial charge in [-0.1, -0.05) is 6.92 Å². The minimum atomic E-state index is -0.707. The Bertz CT molecular complexity index is 455. The second-order valence-corrected chi connectivity index (χ2v) is 3.14. The lowest BCUT2D eigenvalue weighted by Crippen LogP contribution is -2.09. The van der Waals surface area contributed by atoms with E-state index in [0.717, 1.165) is 6.07 Å². The molecule has 6 nitrogen and oxygen atoms in total. The highest BCUT2D eigenvalue weighted by Crippen LogP contribution is 2.27. The van der Waals surface area contributed by atoms with Crippen molar-refractivity contribution in [2.24, 2.45) is 0 Å². The van der Waals surface area contributed by atoms with E-state index in [-0.39, 0.29) is 11.3 Å².